The lowest BCUT2D eigenvalue weighted by atomic mass is 10.0. The quantitative estimate of drug-likeness (QED) is 0.0109. The second kappa shape index (κ2) is 41.6. The number of allylic oxidation sites excluding steroid dienone is 7. The van der Waals surface area contributed by atoms with Crippen LogP contribution in [0.2, 0.25) is 0 Å². The molecule has 370 valence electrons. The number of hydrogen-bond acceptors (Lipinski definition) is 13. The summed E-state index contributed by atoms with van der Waals surface area (Å²) in [5, 5.41) is 28.3. The number of carboxylic acids is 2. The number of aliphatic carboxylic acids is 2. The molecule has 0 aromatic carbocycles. The fraction of sp³-hybridized carbons (Fsp3) is 0.745. The number of rotatable bonds is 44. The van der Waals surface area contributed by atoms with Crippen molar-refractivity contribution in [3.8, 4) is 0 Å². The number of aliphatic hydroxyl groups excluding tert-OH is 1. The van der Waals surface area contributed by atoms with E-state index in [1.54, 1.807) is 18.2 Å². The molecule has 0 aliphatic carbocycles. The van der Waals surface area contributed by atoms with Crippen molar-refractivity contribution in [3.05, 3.63) is 48.6 Å². The van der Waals surface area contributed by atoms with Crippen LogP contribution in [0.15, 0.2) is 48.6 Å². The third-order valence-corrected chi connectivity index (χ3v) is 12.4. The zero-order valence-corrected chi connectivity index (χ0v) is 40.5. The van der Waals surface area contributed by atoms with Gasteiger partial charge in [0.15, 0.2) is 6.10 Å². The van der Waals surface area contributed by atoms with Crippen LogP contribution in [0, 0.1) is 0 Å². The Hall–Kier alpha value is -2.82. The van der Waals surface area contributed by atoms with Gasteiger partial charge < -0.3 is 41.2 Å². The lowest BCUT2D eigenvalue weighted by Gasteiger charge is -2.22. The first-order valence-electron chi connectivity index (χ1n) is 23.6. The molecule has 0 saturated heterocycles. The van der Waals surface area contributed by atoms with Gasteiger partial charge in [-0.05, 0) is 38.5 Å². The summed E-state index contributed by atoms with van der Waals surface area (Å²) < 4.78 is 32.8. The predicted molar refractivity (Wildman–Crippen MR) is 255 cm³/mol. The highest BCUT2D eigenvalue weighted by Crippen LogP contribution is 2.43. The van der Waals surface area contributed by atoms with Crippen LogP contribution in [0.1, 0.15) is 168 Å². The average Bonchev–Trinajstić information content (AvgIpc) is 3.25. The van der Waals surface area contributed by atoms with Gasteiger partial charge in [0.2, 0.25) is 0 Å². The van der Waals surface area contributed by atoms with Gasteiger partial charge >= 0.3 is 31.7 Å². The van der Waals surface area contributed by atoms with Gasteiger partial charge in [-0.2, -0.15) is 0 Å². The van der Waals surface area contributed by atoms with E-state index in [2.05, 4.69) is 30.5 Å². The molecule has 0 heterocycles. The number of thioether (sulfide) groups is 1. The number of carbonyl (C=O) groups excluding carboxylic acids is 2. The summed E-state index contributed by atoms with van der Waals surface area (Å²) >= 11 is 1.18. The second-order valence-electron chi connectivity index (χ2n) is 16.1. The molecule has 0 aliphatic heterocycles. The van der Waals surface area contributed by atoms with Gasteiger partial charge in [0, 0.05) is 23.8 Å². The topological polar surface area (TPSA) is 255 Å². The third-order valence-electron chi connectivity index (χ3n) is 10.1. The Labute approximate surface area is 387 Å². The molecule has 0 saturated carbocycles. The highest BCUT2D eigenvalue weighted by molar-refractivity contribution is 8.00. The van der Waals surface area contributed by atoms with E-state index in [1.165, 1.54) is 95.2 Å². The molecule has 0 bridgehead atoms. The number of phosphoric acid groups is 1. The minimum atomic E-state index is -4.85. The van der Waals surface area contributed by atoms with Crippen LogP contribution < -0.4 is 11.5 Å². The van der Waals surface area contributed by atoms with E-state index in [-0.39, 0.29) is 31.4 Å². The predicted octanol–water partition coefficient (Wildman–Crippen LogP) is 9.49. The van der Waals surface area contributed by atoms with Crippen LogP contribution in [-0.4, -0.2) is 99.2 Å². The van der Waals surface area contributed by atoms with Crippen molar-refractivity contribution in [2.45, 2.75) is 197 Å². The van der Waals surface area contributed by atoms with E-state index < -0.39 is 81.1 Å². The molecule has 0 aromatic rings. The Morgan fingerprint density at radius 3 is 1.81 bits per heavy atom. The Bertz CT molecular complexity index is 1400. The normalized spacial score (nSPS) is 15.4. The third kappa shape index (κ3) is 38.4. The van der Waals surface area contributed by atoms with Crippen LogP contribution in [0.4, 0.5) is 0 Å². The number of hydrogen-bond donors (Lipinski definition) is 6. The van der Waals surface area contributed by atoms with E-state index in [1.807, 2.05) is 18.2 Å². The Morgan fingerprint density at radius 1 is 0.656 bits per heavy atom. The summed E-state index contributed by atoms with van der Waals surface area (Å²) in [6.45, 7) is 2.27. The van der Waals surface area contributed by atoms with Gasteiger partial charge in [-0.15, -0.1) is 11.8 Å². The number of ether oxygens (including phenoxy) is 2. The summed E-state index contributed by atoms with van der Waals surface area (Å²) in [5.74, 6) is -3.94. The lowest BCUT2D eigenvalue weighted by molar-refractivity contribution is -0.161. The van der Waals surface area contributed by atoms with Crippen molar-refractivity contribution >= 4 is 43.5 Å². The van der Waals surface area contributed by atoms with E-state index in [9.17, 15) is 33.7 Å². The number of esters is 2. The van der Waals surface area contributed by atoms with E-state index in [0.717, 1.165) is 38.5 Å². The Kier molecular flexibility index (Phi) is 39.8. The van der Waals surface area contributed by atoms with Gasteiger partial charge in [-0.3, -0.25) is 28.2 Å². The molecule has 0 aliphatic rings. The highest BCUT2D eigenvalue weighted by atomic mass is 32.2. The van der Waals surface area contributed by atoms with Crippen LogP contribution in [-0.2, 0) is 42.3 Å². The van der Waals surface area contributed by atoms with Crippen molar-refractivity contribution in [3.63, 3.8) is 0 Å². The maximum Gasteiger partial charge on any atom is 0.472 e. The van der Waals surface area contributed by atoms with Crippen molar-refractivity contribution in [1.82, 2.24) is 0 Å². The van der Waals surface area contributed by atoms with Gasteiger partial charge in [0.25, 0.3) is 0 Å². The molecule has 1 unspecified atom stereocenters. The first-order chi connectivity index (χ1) is 30.7. The molecule has 6 atom stereocenters. The lowest BCUT2D eigenvalue weighted by Crippen LogP contribution is -2.38. The molecule has 15 nitrogen and oxygen atoms in total. The summed E-state index contributed by atoms with van der Waals surface area (Å²) in [5.41, 5.74) is 11.5. The van der Waals surface area contributed by atoms with Crippen molar-refractivity contribution < 1.29 is 62.5 Å². The molecule has 0 spiro atoms. The van der Waals surface area contributed by atoms with Crippen molar-refractivity contribution in [1.29, 1.82) is 0 Å². The Morgan fingerprint density at radius 2 is 1.22 bits per heavy atom. The monoisotopic (exact) mass is 947 g/mol. The minimum absolute atomic E-state index is 0.00169. The molecular formula is C47H83N2O13PS. The van der Waals surface area contributed by atoms with Gasteiger partial charge in [0.05, 0.1) is 19.3 Å². The number of phosphoric ester groups is 1. The van der Waals surface area contributed by atoms with Crippen molar-refractivity contribution in [2.24, 2.45) is 11.5 Å². The summed E-state index contributed by atoms with van der Waals surface area (Å²) in [7, 11) is -4.85. The molecule has 0 rings (SSSR count). The number of carboxylic acid groups (broad SMARTS) is 2. The van der Waals surface area contributed by atoms with Crippen LogP contribution >= 0.6 is 19.6 Å². The maximum atomic E-state index is 13.0. The fourth-order valence-electron chi connectivity index (χ4n) is 6.21. The van der Waals surface area contributed by atoms with E-state index in [0.29, 0.717) is 6.42 Å². The first-order valence-corrected chi connectivity index (χ1v) is 26.1. The largest absolute Gasteiger partial charge is 0.481 e. The standard InChI is InChI=1S/C47H83N2O13PS/c1-3-5-7-9-11-13-15-17-18-19-21-23-25-27-29-34-45(53)62-39(36-60-63(57,58)61-37-40(48)46(54)55)35-59-47(56)41(49)38-64-43(42(50)31-30-33-44(51)52)32-28-26-24-22-20-16-14-12-10-8-6-4-2/h12,14,20,22,24,26,28,32,39-43,50H,3-11,13,15-19,21,23,25,27,29-31,33-38,48-49H2,1-2H3,(H,51,52)(H,54,55)(H,57,58)/b14-12-,22-20-,26-24+,32-28+/t39-,40+,41+,42+,43-/m1/s1. The molecule has 0 radical (unpaired) electrons. The van der Waals surface area contributed by atoms with Crippen LogP contribution in [0.3, 0.4) is 0 Å². The minimum Gasteiger partial charge on any atom is -0.481 e. The molecule has 0 fully saturated rings. The van der Waals surface area contributed by atoms with Crippen LogP contribution in [0.25, 0.3) is 0 Å². The highest BCUT2D eigenvalue weighted by Gasteiger charge is 2.29. The molecule has 8 N–H and O–H groups in total. The fourth-order valence-corrected chi connectivity index (χ4v) is 8.12. The maximum absolute atomic E-state index is 13.0. The zero-order valence-electron chi connectivity index (χ0n) is 38.8. The molecule has 0 amide bonds. The Balaban J connectivity index is 5.20. The molecular weight excluding hydrogens is 864 g/mol. The zero-order chi connectivity index (χ0) is 47.7. The summed E-state index contributed by atoms with van der Waals surface area (Å²) in [6, 6.07) is -2.78. The van der Waals surface area contributed by atoms with Crippen LogP contribution in [0.5, 0.6) is 0 Å². The van der Waals surface area contributed by atoms with E-state index >= 15 is 0 Å². The number of carbonyl (C=O) groups is 4. The average molecular weight is 947 g/mol. The molecule has 17 heteroatoms. The van der Waals surface area contributed by atoms with Gasteiger partial charge in [0.1, 0.15) is 18.7 Å². The molecule has 64 heavy (non-hydrogen) atoms. The van der Waals surface area contributed by atoms with Gasteiger partial charge in [-0.25, -0.2) is 4.57 Å². The molecule has 0 aromatic heterocycles. The smallest absolute Gasteiger partial charge is 0.472 e. The second-order valence-corrected chi connectivity index (χ2v) is 18.8. The number of nitrogens with two attached hydrogens (primary N) is 2. The van der Waals surface area contributed by atoms with Crippen molar-refractivity contribution in [2.75, 3.05) is 25.6 Å². The number of aliphatic hydroxyl groups is 1. The summed E-state index contributed by atoms with van der Waals surface area (Å²) in [6.07, 6.45) is 36.5. The van der Waals surface area contributed by atoms with E-state index in [4.69, 9.17) is 35.7 Å². The first kappa shape index (κ1) is 61.2. The summed E-state index contributed by atoms with van der Waals surface area (Å²) in [4.78, 5) is 57.9. The SMILES string of the molecule is CCCCC/C=C\C\C=C/C=C/C=C/[C@@H](SC[C@H](N)C(=O)OC[C@H](COP(=O)(O)OC[C@H](N)C(=O)O)OC(=O)CCCCCCCCCCCCCCCCC)[C@@H](O)CCCC(=O)O. The number of unbranched alkanes of at least 4 members (excludes halogenated alkanes) is 17. The van der Waals surface area contributed by atoms with Gasteiger partial charge in [-0.1, -0.05) is 165 Å².